The SMILES string of the molecule is CCCCCCC[C@H]1C(=O)CC[C@@H]1CCC(=O)C(F)(F)CCCCCC. The molecule has 2 nitrogen and oxygen atoms in total. The number of Topliss-reactive ketones (excluding diaryl/α,β-unsaturated/α-hetero) is 2. The molecule has 1 aliphatic carbocycles. The van der Waals surface area contributed by atoms with Crippen LogP contribution in [-0.4, -0.2) is 17.5 Å². The lowest BCUT2D eigenvalue weighted by Gasteiger charge is -2.20. The maximum absolute atomic E-state index is 14.0. The second-order valence-electron chi connectivity index (χ2n) is 8.05. The molecule has 0 aromatic heterocycles. The number of hydrogen-bond acceptors (Lipinski definition) is 2. The molecular weight excluding hydrogens is 334 g/mol. The zero-order valence-corrected chi connectivity index (χ0v) is 16.8. The number of rotatable bonds is 15. The van der Waals surface area contributed by atoms with E-state index < -0.39 is 11.7 Å². The first-order valence-electron chi connectivity index (χ1n) is 10.9. The molecule has 0 N–H and O–H groups in total. The van der Waals surface area contributed by atoms with Crippen molar-refractivity contribution < 1.29 is 18.4 Å². The van der Waals surface area contributed by atoms with Crippen LogP contribution in [0.2, 0.25) is 0 Å². The van der Waals surface area contributed by atoms with Gasteiger partial charge in [-0.25, -0.2) is 0 Å². The number of halogens is 2. The zero-order valence-electron chi connectivity index (χ0n) is 16.8. The van der Waals surface area contributed by atoms with Crippen molar-refractivity contribution in [3.63, 3.8) is 0 Å². The van der Waals surface area contributed by atoms with Crippen LogP contribution in [0.3, 0.4) is 0 Å². The van der Waals surface area contributed by atoms with Crippen LogP contribution in [-0.2, 0) is 9.59 Å². The van der Waals surface area contributed by atoms with Crippen LogP contribution in [0.5, 0.6) is 0 Å². The molecule has 0 unspecified atom stereocenters. The van der Waals surface area contributed by atoms with Crippen LogP contribution in [0.4, 0.5) is 8.78 Å². The van der Waals surface area contributed by atoms with E-state index in [1.807, 2.05) is 6.92 Å². The van der Waals surface area contributed by atoms with Gasteiger partial charge in [-0.3, -0.25) is 9.59 Å². The maximum atomic E-state index is 14.0. The first kappa shape index (κ1) is 23.2. The predicted molar refractivity (Wildman–Crippen MR) is 103 cm³/mol. The quantitative estimate of drug-likeness (QED) is 0.293. The highest BCUT2D eigenvalue weighted by atomic mass is 19.3. The molecule has 0 bridgehead atoms. The van der Waals surface area contributed by atoms with Crippen LogP contribution in [0, 0.1) is 11.8 Å². The molecule has 152 valence electrons. The molecule has 2 atom stereocenters. The first-order valence-corrected chi connectivity index (χ1v) is 10.9. The average molecular weight is 373 g/mol. The van der Waals surface area contributed by atoms with Crippen LogP contribution in [0.15, 0.2) is 0 Å². The van der Waals surface area contributed by atoms with Crippen molar-refractivity contribution in [2.75, 3.05) is 0 Å². The third-order valence-corrected chi connectivity index (χ3v) is 5.86. The summed E-state index contributed by atoms with van der Waals surface area (Å²) < 4.78 is 28.0. The van der Waals surface area contributed by atoms with Crippen LogP contribution in [0.25, 0.3) is 0 Å². The summed E-state index contributed by atoms with van der Waals surface area (Å²) in [4.78, 5) is 24.1. The Labute approximate surface area is 158 Å². The van der Waals surface area contributed by atoms with E-state index in [4.69, 9.17) is 0 Å². The van der Waals surface area contributed by atoms with Gasteiger partial charge in [0.05, 0.1) is 0 Å². The van der Waals surface area contributed by atoms with Gasteiger partial charge in [0.1, 0.15) is 5.78 Å². The Morgan fingerprint density at radius 1 is 0.962 bits per heavy atom. The van der Waals surface area contributed by atoms with E-state index in [0.29, 0.717) is 19.3 Å². The van der Waals surface area contributed by atoms with Gasteiger partial charge in [-0.15, -0.1) is 0 Å². The standard InChI is InChI=1S/C22H38F2O2/c1-3-5-7-9-10-12-19-18(13-15-20(19)25)14-16-21(26)22(23,24)17-11-8-6-4-2/h18-19H,3-17H2,1-2H3/t18-,19-/m1/s1. The Morgan fingerprint density at radius 3 is 2.23 bits per heavy atom. The number of hydrogen-bond donors (Lipinski definition) is 0. The van der Waals surface area contributed by atoms with Gasteiger partial charge in [-0.05, 0) is 31.6 Å². The molecule has 0 saturated heterocycles. The summed E-state index contributed by atoms with van der Waals surface area (Å²) in [7, 11) is 0. The van der Waals surface area contributed by atoms with Crippen molar-refractivity contribution in [3.05, 3.63) is 0 Å². The molecule has 0 radical (unpaired) electrons. The van der Waals surface area contributed by atoms with Gasteiger partial charge in [0.15, 0.2) is 0 Å². The second-order valence-corrected chi connectivity index (χ2v) is 8.05. The lowest BCUT2D eigenvalue weighted by Crippen LogP contribution is -2.29. The van der Waals surface area contributed by atoms with E-state index in [1.54, 1.807) is 0 Å². The summed E-state index contributed by atoms with van der Waals surface area (Å²) >= 11 is 0. The Kier molecular flexibility index (Phi) is 11.2. The van der Waals surface area contributed by atoms with E-state index in [0.717, 1.165) is 44.9 Å². The normalized spacial score (nSPS) is 20.7. The van der Waals surface area contributed by atoms with Gasteiger partial charge in [-0.2, -0.15) is 8.78 Å². The van der Waals surface area contributed by atoms with Crippen molar-refractivity contribution in [1.29, 1.82) is 0 Å². The fourth-order valence-electron chi connectivity index (χ4n) is 4.10. The second kappa shape index (κ2) is 12.6. The number of carbonyl (C=O) groups is 2. The number of alkyl halides is 2. The molecule has 1 fully saturated rings. The highest BCUT2D eigenvalue weighted by Crippen LogP contribution is 2.37. The van der Waals surface area contributed by atoms with Crippen LogP contribution in [0.1, 0.15) is 110 Å². The zero-order chi connectivity index (χ0) is 19.4. The highest BCUT2D eigenvalue weighted by molar-refractivity contribution is 5.86. The van der Waals surface area contributed by atoms with Gasteiger partial charge < -0.3 is 0 Å². The molecule has 1 saturated carbocycles. The highest BCUT2D eigenvalue weighted by Gasteiger charge is 2.39. The van der Waals surface area contributed by atoms with Gasteiger partial charge in [0.25, 0.3) is 0 Å². The molecule has 0 aromatic rings. The molecule has 0 aromatic carbocycles. The number of carbonyl (C=O) groups excluding carboxylic acids is 2. The number of ketones is 2. The summed E-state index contributed by atoms with van der Waals surface area (Å²) in [6.07, 6.45) is 11.2. The van der Waals surface area contributed by atoms with Crippen molar-refractivity contribution in [2.45, 2.75) is 116 Å². The topological polar surface area (TPSA) is 34.1 Å². The van der Waals surface area contributed by atoms with Crippen LogP contribution < -0.4 is 0 Å². The Morgan fingerprint density at radius 2 is 1.58 bits per heavy atom. The molecule has 0 amide bonds. The molecule has 0 heterocycles. The lowest BCUT2D eigenvalue weighted by molar-refractivity contribution is -0.144. The molecule has 4 heteroatoms. The fourth-order valence-corrected chi connectivity index (χ4v) is 4.10. The third-order valence-electron chi connectivity index (χ3n) is 5.86. The van der Waals surface area contributed by atoms with E-state index in [2.05, 4.69) is 6.92 Å². The molecular formula is C22H38F2O2. The third kappa shape index (κ3) is 8.26. The predicted octanol–water partition coefficient (Wildman–Crippen LogP) is 6.90. The first-order chi connectivity index (χ1) is 12.4. The summed E-state index contributed by atoms with van der Waals surface area (Å²) in [5.74, 6) is -3.69. The largest absolute Gasteiger partial charge is 0.305 e. The van der Waals surface area contributed by atoms with Gasteiger partial charge in [0.2, 0.25) is 5.78 Å². The summed E-state index contributed by atoms with van der Waals surface area (Å²) in [6.45, 7) is 4.21. The van der Waals surface area contributed by atoms with E-state index in [1.165, 1.54) is 19.3 Å². The van der Waals surface area contributed by atoms with E-state index >= 15 is 0 Å². The van der Waals surface area contributed by atoms with Gasteiger partial charge in [-0.1, -0.05) is 65.2 Å². The summed E-state index contributed by atoms with van der Waals surface area (Å²) in [5.41, 5.74) is 0. The van der Waals surface area contributed by atoms with Crippen molar-refractivity contribution in [3.8, 4) is 0 Å². The van der Waals surface area contributed by atoms with Gasteiger partial charge >= 0.3 is 5.92 Å². The smallest absolute Gasteiger partial charge is 0.299 e. The maximum Gasteiger partial charge on any atom is 0.305 e. The Bertz CT molecular complexity index is 420. The molecule has 0 spiro atoms. The van der Waals surface area contributed by atoms with E-state index in [-0.39, 0.29) is 30.5 Å². The Hall–Kier alpha value is -0.800. The number of unbranched alkanes of at least 4 members (excludes halogenated alkanes) is 7. The Balaban J connectivity index is 2.36. The van der Waals surface area contributed by atoms with E-state index in [9.17, 15) is 18.4 Å². The lowest BCUT2D eigenvalue weighted by atomic mass is 9.85. The summed E-state index contributed by atoms with van der Waals surface area (Å²) in [5, 5.41) is 0. The van der Waals surface area contributed by atoms with Crippen molar-refractivity contribution >= 4 is 11.6 Å². The minimum absolute atomic E-state index is 0.00241. The molecule has 0 aliphatic heterocycles. The minimum atomic E-state index is -3.19. The average Bonchev–Trinajstić information content (AvgIpc) is 2.96. The molecule has 1 rings (SSSR count). The van der Waals surface area contributed by atoms with Crippen molar-refractivity contribution in [2.24, 2.45) is 11.8 Å². The van der Waals surface area contributed by atoms with Gasteiger partial charge in [0, 0.05) is 25.2 Å². The monoisotopic (exact) mass is 372 g/mol. The molecule has 26 heavy (non-hydrogen) atoms. The molecule has 1 aliphatic rings. The summed E-state index contributed by atoms with van der Waals surface area (Å²) in [6, 6.07) is 0. The fraction of sp³-hybridized carbons (Fsp3) is 0.909. The van der Waals surface area contributed by atoms with Crippen molar-refractivity contribution in [1.82, 2.24) is 0 Å². The van der Waals surface area contributed by atoms with Crippen LogP contribution >= 0.6 is 0 Å². The minimum Gasteiger partial charge on any atom is -0.299 e.